The zero-order chi connectivity index (χ0) is 15.8. The van der Waals surface area contributed by atoms with Gasteiger partial charge in [-0.15, -0.1) is 0 Å². The van der Waals surface area contributed by atoms with E-state index in [4.69, 9.17) is 21.5 Å². The van der Waals surface area contributed by atoms with Crippen molar-refractivity contribution in [2.24, 2.45) is 5.14 Å². The number of ether oxygens (including phenoxy) is 1. The molecule has 2 unspecified atom stereocenters. The van der Waals surface area contributed by atoms with Crippen LogP contribution in [0.3, 0.4) is 0 Å². The van der Waals surface area contributed by atoms with E-state index in [-0.39, 0.29) is 17.2 Å². The van der Waals surface area contributed by atoms with E-state index in [0.29, 0.717) is 13.0 Å². The molecule has 0 aromatic heterocycles. The standard InChI is InChI=1S/C12H14ClFN2O4S/c1-6-10(2-3-20-6)16-12(17)7-4-11(21(15,18)19)8(13)5-9(7)14/h4-6,10H,2-3H2,1H3,(H,16,17)(H2,15,18,19). The van der Waals surface area contributed by atoms with Crippen LogP contribution in [0.4, 0.5) is 4.39 Å². The van der Waals surface area contributed by atoms with Gasteiger partial charge in [0.1, 0.15) is 10.7 Å². The maximum absolute atomic E-state index is 13.8. The van der Waals surface area contributed by atoms with Crippen LogP contribution in [0.15, 0.2) is 17.0 Å². The summed E-state index contributed by atoms with van der Waals surface area (Å²) in [5, 5.41) is 7.21. The number of hydrogen-bond donors (Lipinski definition) is 2. The summed E-state index contributed by atoms with van der Waals surface area (Å²) in [5.41, 5.74) is -0.428. The molecule has 0 aliphatic carbocycles. The van der Waals surface area contributed by atoms with E-state index < -0.39 is 32.2 Å². The summed E-state index contributed by atoms with van der Waals surface area (Å²) in [6, 6.07) is 1.33. The molecule has 1 saturated heterocycles. The number of benzene rings is 1. The Labute approximate surface area is 126 Å². The summed E-state index contributed by atoms with van der Waals surface area (Å²) in [4.78, 5) is 11.6. The Morgan fingerprint density at radius 2 is 2.19 bits per heavy atom. The smallest absolute Gasteiger partial charge is 0.254 e. The number of sulfonamides is 1. The third kappa shape index (κ3) is 3.52. The molecule has 6 nitrogen and oxygen atoms in total. The highest BCUT2D eigenvalue weighted by Crippen LogP contribution is 2.24. The van der Waals surface area contributed by atoms with Crippen molar-refractivity contribution in [1.29, 1.82) is 0 Å². The fourth-order valence-corrected chi connectivity index (χ4v) is 3.17. The molecule has 21 heavy (non-hydrogen) atoms. The number of nitrogens with one attached hydrogen (secondary N) is 1. The van der Waals surface area contributed by atoms with Crippen LogP contribution < -0.4 is 10.5 Å². The molecule has 0 bridgehead atoms. The number of carbonyl (C=O) groups excluding carboxylic acids is 1. The molecule has 2 rings (SSSR count). The average Bonchev–Trinajstić information content (AvgIpc) is 2.73. The lowest BCUT2D eigenvalue weighted by atomic mass is 10.1. The summed E-state index contributed by atoms with van der Waals surface area (Å²) in [6.07, 6.45) is 0.409. The van der Waals surface area contributed by atoms with Gasteiger partial charge in [0.05, 0.1) is 22.7 Å². The lowest BCUT2D eigenvalue weighted by Gasteiger charge is -2.16. The zero-order valence-corrected chi connectivity index (χ0v) is 12.7. The number of amides is 1. The first-order chi connectivity index (χ1) is 9.70. The molecule has 1 aliphatic heterocycles. The van der Waals surface area contributed by atoms with Gasteiger partial charge in [-0.25, -0.2) is 17.9 Å². The summed E-state index contributed by atoms with van der Waals surface area (Å²) >= 11 is 5.63. The first-order valence-corrected chi connectivity index (χ1v) is 8.07. The van der Waals surface area contributed by atoms with Crippen LogP contribution in [0, 0.1) is 5.82 Å². The summed E-state index contributed by atoms with van der Waals surface area (Å²) in [6.45, 7) is 2.28. The quantitative estimate of drug-likeness (QED) is 0.861. The normalized spacial score (nSPS) is 22.3. The number of nitrogens with two attached hydrogens (primary N) is 1. The number of rotatable bonds is 3. The third-order valence-electron chi connectivity index (χ3n) is 3.27. The van der Waals surface area contributed by atoms with Crippen molar-refractivity contribution in [3.63, 3.8) is 0 Å². The Kier molecular flexibility index (Phi) is 4.52. The second-order valence-corrected chi connectivity index (χ2v) is 6.69. The van der Waals surface area contributed by atoms with Gasteiger partial charge in [-0.3, -0.25) is 4.79 Å². The van der Waals surface area contributed by atoms with Crippen molar-refractivity contribution in [3.8, 4) is 0 Å². The molecule has 1 amide bonds. The number of primary sulfonamides is 1. The highest BCUT2D eigenvalue weighted by atomic mass is 35.5. The predicted molar refractivity (Wildman–Crippen MR) is 74.1 cm³/mol. The average molecular weight is 337 g/mol. The minimum atomic E-state index is -4.15. The van der Waals surface area contributed by atoms with Gasteiger partial charge in [0.2, 0.25) is 10.0 Å². The van der Waals surface area contributed by atoms with Crippen LogP contribution in [0.25, 0.3) is 0 Å². The molecule has 1 fully saturated rings. The first-order valence-electron chi connectivity index (χ1n) is 6.14. The minimum Gasteiger partial charge on any atom is -0.376 e. The molecular formula is C12H14ClFN2O4S. The van der Waals surface area contributed by atoms with Crippen molar-refractivity contribution in [2.75, 3.05) is 6.61 Å². The van der Waals surface area contributed by atoms with Crippen LogP contribution >= 0.6 is 11.6 Å². The number of carbonyl (C=O) groups is 1. The molecule has 1 aromatic carbocycles. The van der Waals surface area contributed by atoms with Gasteiger partial charge in [-0.2, -0.15) is 0 Å². The van der Waals surface area contributed by atoms with Crippen LogP contribution in [0.2, 0.25) is 5.02 Å². The highest BCUT2D eigenvalue weighted by molar-refractivity contribution is 7.89. The Hall–Kier alpha value is -1.22. The van der Waals surface area contributed by atoms with Crippen LogP contribution in [-0.4, -0.2) is 33.1 Å². The van der Waals surface area contributed by atoms with Crippen LogP contribution in [0.5, 0.6) is 0 Å². The van der Waals surface area contributed by atoms with Gasteiger partial charge in [0.15, 0.2) is 0 Å². The van der Waals surface area contributed by atoms with E-state index in [1.165, 1.54) is 0 Å². The maximum Gasteiger partial charge on any atom is 0.254 e. The topological polar surface area (TPSA) is 98.5 Å². The van der Waals surface area contributed by atoms with Gasteiger partial charge >= 0.3 is 0 Å². The molecule has 1 heterocycles. The van der Waals surface area contributed by atoms with Crippen molar-refractivity contribution >= 4 is 27.5 Å². The van der Waals surface area contributed by atoms with Gasteiger partial charge in [-0.1, -0.05) is 11.6 Å². The Morgan fingerprint density at radius 3 is 2.71 bits per heavy atom. The maximum atomic E-state index is 13.8. The second kappa shape index (κ2) is 5.88. The largest absolute Gasteiger partial charge is 0.376 e. The van der Waals surface area contributed by atoms with Crippen molar-refractivity contribution in [3.05, 3.63) is 28.5 Å². The first kappa shape index (κ1) is 16.2. The van der Waals surface area contributed by atoms with E-state index in [2.05, 4.69) is 5.32 Å². The highest BCUT2D eigenvalue weighted by Gasteiger charge is 2.28. The monoisotopic (exact) mass is 336 g/mol. The van der Waals surface area contributed by atoms with Crippen molar-refractivity contribution in [2.45, 2.75) is 30.4 Å². The lowest BCUT2D eigenvalue weighted by molar-refractivity contribution is 0.0862. The van der Waals surface area contributed by atoms with Crippen LogP contribution in [-0.2, 0) is 14.8 Å². The molecule has 1 aliphatic rings. The second-order valence-electron chi connectivity index (χ2n) is 4.75. The minimum absolute atomic E-state index is 0.193. The van der Waals surface area contributed by atoms with Crippen LogP contribution in [0.1, 0.15) is 23.7 Å². The Morgan fingerprint density at radius 1 is 1.52 bits per heavy atom. The van der Waals surface area contributed by atoms with Gasteiger partial charge in [-0.05, 0) is 25.5 Å². The fourth-order valence-electron chi connectivity index (χ4n) is 2.09. The predicted octanol–water partition coefficient (Wildman–Crippen LogP) is 1.03. The third-order valence-corrected chi connectivity index (χ3v) is 4.64. The van der Waals surface area contributed by atoms with E-state index in [9.17, 15) is 17.6 Å². The van der Waals surface area contributed by atoms with Crippen molar-refractivity contribution in [1.82, 2.24) is 5.32 Å². The van der Waals surface area contributed by atoms with Gasteiger partial charge in [0, 0.05) is 6.61 Å². The van der Waals surface area contributed by atoms with E-state index in [0.717, 1.165) is 12.1 Å². The number of hydrogen-bond acceptors (Lipinski definition) is 4. The van der Waals surface area contributed by atoms with Gasteiger partial charge < -0.3 is 10.1 Å². The van der Waals surface area contributed by atoms with E-state index in [1.54, 1.807) is 6.92 Å². The Balaban J connectivity index is 2.33. The molecule has 0 radical (unpaired) electrons. The Bertz CT molecular complexity index is 680. The lowest BCUT2D eigenvalue weighted by Crippen LogP contribution is -2.39. The summed E-state index contributed by atoms with van der Waals surface area (Å²) < 4.78 is 41.8. The zero-order valence-electron chi connectivity index (χ0n) is 11.1. The van der Waals surface area contributed by atoms with E-state index in [1.807, 2.05) is 0 Å². The molecule has 0 saturated carbocycles. The molecule has 3 N–H and O–H groups in total. The fraction of sp³-hybridized carbons (Fsp3) is 0.417. The van der Waals surface area contributed by atoms with Gasteiger partial charge in [0.25, 0.3) is 5.91 Å². The SMILES string of the molecule is CC1OCCC1NC(=O)c1cc(S(N)(=O)=O)c(Cl)cc1F. The molecule has 0 spiro atoms. The molecule has 2 atom stereocenters. The molecular weight excluding hydrogens is 323 g/mol. The summed E-state index contributed by atoms with van der Waals surface area (Å²) in [5.74, 6) is -1.66. The number of halogens is 2. The molecule has 9 heteroatoms. The molecule has 116 valence electrons. The molecule has 1 aromatic rings. The van der Waals surface area contributed by atoms with Crippen molar-refractivity contribution < 1.29 is 22.3 Å². The van der Waals surface area contributed by atoms with E-state index >= 15 is 0 Å². The summed E-state index contributed by atoms with van der Waals surface area (Å²) in [7, 11) is -4.15.